The van der Waals surface area contributed by atoms with Crippen molar-refractivity contribution in [3.8, 4) is 0 Å². The molecule has 0 N–H and O–H groups in total. The van der Waals surface area contributed by atoms with Crippen LogP contribution < -0.4 is 0 Å². The molecule has 0 spiro atoms. The molecule has 1 aliphatic heterocycles. The van der Waals surface area contributed by atoms with E-state index in [0.717, 1.165) is 18.6 Å². The van der Waals surface area contributed by atoms with Gasteiger partial charge in [0, 0.05) is 5.92 Å². The monoisotopic (exact) mass is 281 g/mol. The Morgan fingerprint density at radius 1 is 1.69 bits per heavy atom. The molecule has 2 nitrogen and oxygen atoms in total. The first-order valence-corrected chi connectivity index (χ1v) is 6.44. The van der Waals surface area contributed by atoms with Gasteiger partial charge in [-0.05, 0) is 30.3 Å². The van der Waals surface area contributed by atoms with Gasteiger partial charge in [-0.15, -0.1) is 0 Å². The van der Waals surface area contributed by atoms with Gasteiger partial charge in [0.1, 0.15) is 5.76 Å². The van der Waals surface area contributed by atoms with E-state index in [1.54, 1.807) is 0 Å². The van der Waals surface area contributed by atoms with Crippen LogP contribution in [0.3, 0.4) is 0 Å². The summed E-state index contributed by atoms with van der Waals surface area (Å²) in [6.45, 7) is 6.50. The molecule has 0 fully saturated rings. The fourth-order valence-corrected chi connectivity index (χ4v) is 2.59. The van der Waals surface area contributed by atoms with Crippen molar-refractivity contribution in [3.05, 3.63) is 35.0 Å². The van der Waals surface area contributed by atoms with E-state index in [-0.39, 0.29) is 0 Å². The summed E-state index contributed by atoms with van der Waals surface area (Å²) in [6, 6.07) is 0.360. The smallest absolute Gasteiger partial charge is 0.137 e. The fourth-order valence-electron chi connectivity index (χ4n) is 2.05. The van der Waals surface area contributed by atoms with Crippen LogP contribution >= 0.6 is 15.9 Å². The van der Waals surface area contributed by atoms with E-state index in [0.29, 0.717) is 24.3 Å². The van der Waals surface area contributed by atoms with E-state index in [1.807, 2.05) is 13.0 Å². The second kappa shape index (κ2) is 5.00. The predicted octanol–water partition coefficient (Wildman–Crippen LogP) is 3.60. The van der Waals surface area contributed by atoms with Crippen LogP contribution in [-0.4, -0.2) is 18.4 Å². The first-order valence-electron chi connectivity index (χ1n) is 5.65. The highest BCUT2D eigenvalue weighted by Gasteiger charge is 2.25. The third-order valence-corrected chi connectivity index (χ3v) is 3.54. The lowest BCUT2D eigenvalue weighted by atomic mass is 9.88. The first-order chi connectivity index (χ1) is 7.70. The van der Waals surface area contributed by atoms with Crippen LogP contribution in [0, 0.1) is 5.92 Å². The highest BCUT2D eigenvalue weighted by Crippen LogP contribution is 2.32. The van der Waals surface area contributed by atoms with Crippen LogP contribution in [0.1, 0.15) is 19.8 Å². The van der Waals surface area contributed by atoms with Crippen molar-refractivity contribution >= 4 is 21.6 Å². The first kappa shape index (κ1) is 11.6. The summed E-state index contributed by atoms with van der Waals surface area (Å²) in [4.78, 5) is 4.70. The maximum absolute atomic E-state index is 5.38. The Morgan fingerprint density at radius 3 is 3.25 bits per heavy atom. The van der Waals surface area contributed by atoms with Gasteiger partial charge in [-0.1, -0.05) is 34.7 Å². The highest BCUT2D eigenvalue weighted by molar-refractivity contribution is 9.11. The Labute approximate surface area is 105 Å². The summed E-state index contributed by atoms with van der Waals surface area (Å²) in [5.41, 5.74) is 0.898. The number of halogens is 1. The van der Waals surface area contributed by atoms with Crippen LogP contribution in [0.5, 0.6) is 0 Å². The second-order valence-corrected chi connectivity index (χ2v) is 5.05. The maximum Gasteiger partial charge on any atom is 0.137 e. The highest BCUT2D eigenvalue weighted by atomic mass is 79.9. The molecule has 2 atom stereocenters. The SMILES string of the molecule is C=C(OCC)C1=NC2CCC(Br)=CC2C=C1. The third-order valence-electron chi connectivity index (χ3n) is 2.88. The minimum Gasteiger partial charge on any atom is -0.492 e. The Kier molecular flexibility index (Phi) is 3.64. The normalized spacial score (nSPS) is 27.9. The summed E-state index contributed by atoms with van der Waals surface area (Å²) in [6.07, 6.45) is 8.62. The van der Waals surface area contributed by atoms with Gasteiger partial charge >= 0.3 is 0 Å². The number of hydrogen-bond acceptors (Lipinski definition) is 2. The molecule has 1 aliphatic carbocycles. The molecule has 2 rings (SSSR count). The van der Waals surface area contributed by atoms with Crippen molar-refractivity contribution in [3.63, 3.8) is 0 Å². The van der Waals surface area contributed by atoms with Gasteiger partial charge < -0.3 is 4.74 Å². The molecule has 3 heteroatoms. The average molecular weight is 282 g/mol. The summed E-state index contributed by atoms with van der Waals surface area (Å²) >= 11 is 3.56. The number of dihydropyridines is 1. The molecule has 0 saturated carbocycles. The van der Waals surface area contributed by atoms with Crippen LogP contribution in [0.25, 0.3) is 0 Å². The van der Waals surface area contributed by atoms with E-state index >= 15 is 0 Å². The zero-order chi connectivity index (χ0) is 11.5. The van der Waals surface area contributed by atoms with Gasteiger partial charge in [0.05, 0.1) is 18.4 Å². The van der Waals surface area contributed by atoms with E-state index in [4.69, 9.17) is 9.73 Å². The molecular weight excluding hydrogens is 266 g/mol. The van der Waals surface area contributed by atoms with Gasteiger partial charge in [0.2, 0.25) is 0 Å². The third kappa shape index (κ3) is 2.46. The molecule has 0 radical (unpaired) electrons. The molecular formula is C13H16BrNO. The van der Waals surface area contributed by atoms with Crippen molar-refractivity contribution < 1.29 is 4.74 Å². The lowest BCUT2D eigenvalue weighted by molar-refractivity contribution is 0.250. The van der Waals surface area contributed by atoms with Crippen LogP contribution in [0.2, 0.25) is 0 Å². The Bertz CT molecular complexity index is 381. The Balaban J connectivity index is 2.12. The second-order valence-electron chi connectivity index (χ2n) is 4.03. The van der Waals surface area contributed by atoms with Gasteiger partial charge in [0.15, 0.2) is 0 Å². The lowest BCUT2D eigenvalue weighted by Crippen LogP contribution is -2.24. The van der Waals surface area contributed by atoms with Crippen molar-refractivity contribution in [2.24, 2.45) is 10.9 Å². The molecule has 86 valence electrons. The number of rotatable bonds is 3. The predicted molar refractivity (Wildman–Crippen MR) is 70.9 cm³/mol. The zero-order valence-electron chi connectivity index (χ0n) is 9.45. The van der Waals surface area contributed by atoms with Crippen LogP contribution in [0.15, 0.2) is 40.0 Å². The van der Waals surface area contributed by atoms with E-state index in [2.05, 4.69) is 34.7 Å². The van der Waals surface area contributed by atoms with Crippen LogP contribution in [0.4, 0.5) is 0 Å². The summed E-state index contributed by atoms with van der Waals surface area (Å²) in [5.74, 6) is 1.12. The van der Waals surface area contributed by atoms with Crippen LogP contribution in [-0.2, 0) is 4.74 Å². The Hall–Kier alpha value is -0.830. The Morgan fingerprint density at radius 2 is 2.50 bits per heavy atom. The summed E-state index contributed by atoms with van der Waals surface area (Å²) in [7, 11) is 0. The lowest BCUT2D eigenvalue weighted by Gasteiger charge is -2.27. The largest absolute Gasteiger partial charge is 0.492 e. The maximum atomic E-state index is 5.38. The quantitative estimate of drug-likeness (QED) is 0.725. The minimum atomic E-state index is 0.360. The molecule has 0 aromatic heterocycles. The van der Waals surface area contributed by atoms with E-state index in [1.165, 1.54) is 4.48 Å². The van der Waals surface area contributed by atoms with Gasteiger partial charge in [0.25, 0.3) is 0 Å². The van der Waals surface area contributed by atoms with Gasteiger partial charge in [-0.2, -0.15) is 0 Å². The molecule has 0 bridgehead atoms. The van der Waals surface area contributed by atoms with Crippen molar-refractivity contribution in [2.75, 3.05) is 6.61 Å². The number of hydrogen-bond donors (Lipinski definition) is 0. The molecule has 0 aromatic carbocycles. The van der Waals surface area contributed by atoms with E-state index in [9.17, 15) is 0 Å². The average Bonchev–Trinajstić information content (AvgIpc) is 2.28. The van der Waals surface area contributed by atoms with E-state index < -0.39 is 0 Å². The summed E-state index contributed by atoms with van der Waals surface area (Å²) in [5, 5.41) is 0. The standard InChI is InChI=1S/C13H16BrNO/c1-3-16-9(2)12-6-4-10-8-11(14)5-7-13(10)15-12/h4,6,8,10,13H,2-3,5,7H2,1H3. The topological polar surface area (TPSA) is 21.6 Å². The van der Waals surface area contributed by atoms with Crippen molar-refractivity contribution in [1.82, 2.24) is 0 Å². The minimum absolute atomic E-state index is 0.360. The van der Waals surface area contributed by atoms with Crippen molar-refractivity contribution in [1.29, 1.82) is 0 Å². The van der Waals surface area contributed by atoms with Crippen molar-refractivity contribution in [2.45, 2.75) is 25.8 Å². The number of aliphatic imine (C=N–C) groups is 1. The molecule has 0 aromatic rings. The number of ether oxygens (including phenoxy) is 1. The molecule has 0 amide bonds. The fraction of sp³-hybridized carbons (Fsp3) is 0.462. The zero-order valence-corrected chi connectivity index (χ0v) is 11.0. The summed E-state index contributed by atoms with van der Waals surface area (Å²) < 4.78 is 6.67. The molecule has 2 unspecified atom stereocenters. The van der Waals surface area contributed by atoms with Gasteiger partial charge in [-0.25, -0.2) is 0 Å². The van der Waals surface area contributed by atoms with Gasteiger partial charge in [-0.3, -0.25) is 4.99 Å². The molecule has 2 aliphatic rings. The molecule has 16 heavy (non-hydrogen) atoms. The molecule has 0 saturated heterocycles. The number of allylic oxidation sites excluding steroid dienone is 2. The molecule has 1 heterocycles. The number of fused-ring (bicyclic) bond motifs is 1. The number of nitrogens with zero attached hydrogens (tertiary/aromatic N) is 1.